The van der Waals surface area contributed by atoms with E-state index in [1.807, 2.05) is 0 Å². The number of hydrogen-bond acceptors (Lipinski definition) is 2. The third-order valence-corrected chi connectivity index (χ3v) is 2.35. The van der Waals surface area contributed by atoms with Gasteiger partial charge in [0.05, 0.1) is 10.6 Å². The fraction of sp³-hybridized carbons (Fsp3) is 0.125. The van der Waals surface area contributed by atoms with Crippen molar-refractivity contribution in [1.82, 2.24) is 5.43 Å². The quantitative estimate of drug-likeness (QED) is 0.459. The fourth-order valence-corrected chi connectivity index (χ4v) is 1.32. The molecule has 3 N–H and O–H groups in total. The average Bonchev–Trinajstić information content (AvgIpc) is 2.15. The van der Waals surface area contributed by atoms with Crippen LogP contribution in [0.3, 0.4) is 0 Å². The first-order valence-electron chi connectivity index (χ1n) is 3.74. The topological polar surface area (TPSA) is 38.0 Å². The second-order valence-corrected chi connectivity index (χ2v) is 3.48. The Balaban J connectivity index is 3.23. The van der Waals surface area contributed by atoms with E-state index in [0.717, 1.165) is 12.1 Å². The second-order valence-electron chi connectivity index (χ2n) is 2.67. The van der Waals surface area contributed by atoms with Gasteiger partial charge in [-0.05, 0) is 12.1 Å². The predicted molar refractivity (Wildman–Crippen MR) is 55.5 cm³/mol. The number of hydrogen-bond donors (Lipinski definition) is 2. The molecular formula is C8H6ClF3N2S. The molecule has 0 saturated heterocycles. The Morgan fingerprint density at radius 1 is 1.40 bits per heavy atom. The fourth-order valence-electron chi connectivity index (χ4n) is 0.967. The first-order valence-corrected chi connectivity index (χ1v) is 4.52. The smallest absolute Gasteiger partial charge is 0.314 e. The zero-order valence-corrected chi connectivity index (χ0v) is 8.80. The third kappa shape index (κ3) is 2.80. The van der Waals surface area contributed by atoms with Crippen LogP contribution in [0.25, 0.3) is 0 Å². The molecule has 0 aliphatic heterocycles. The van der Waals surface area contributed by atoms with Crippen LogP contribution >= 0.6 is 23.8 Å². The summed E-state index contributed by atoms with van der Waals surface area (Å²) in [6.07, 6.45) is -4.50. The molecule has 0 unspecified atom stereocenters. The molecule has 0 bridgehead atoms. The summed E-state index contributed by atoms with van der Waals surface area (Å²) in [6, 6.07) is 3.34. The van der Waals surface area contributed by atoms with Crippen LogP contribution in [0.1, 0.15) is 11.1 Å². The van der Waals surface area contributed by atoms with Crippen LogP contribution < -0.4 is 11.3 Å². The van der Waals surface area contributed by atoms with Gasteiger partial charge in [0, 0.05) is 5.56 Å². The number of alkyl halides is 3. The highest BCUT2D eigenvalue weighted by Crippen LogP contribution is 2.35. The Morgan fingerprint density at radius 3 is 2.47 bits per heavy atom. The molecule has 0 aliphatic carbocycles. The van der Waals surface area contributed by atoms with Crippen LogP contribution in [0.5, 0.6) is 0 Å². The minimum atomic E-state index is -4.50. The van der Waals surface area contributed by atoms with E-state index in [0.29, 0.717) is 0 Å². The molecule has 0 aromatic heterocycles. The van der Waals surface area contributed by atoms with E-state index in [-0.39, 0.29) is 15.6 Å². The summed E-state index contributed by atoms with van der Waals surface area (Å²) >= 11 is 10.1. The van der Waals surface area contributed by atoms with Crippen molar-refractivity contribution in [3.63, 3.8) is 0 Å². The van der Waals surface area contributed by atoms with Gasteiger partial charge in [-0.25, -0.2) is 5.84 Å². The van der Waals surface area contributed by atoms with Gasteiger partial charge in [0.1, 0.15) is 4.99 Å². The Morgan fingerprint density at radius 2 is 2.00 bits per heavy atom. The molecule has 1 aromatic rings. The number of nitrogens with one attached hydrogen (secondary N) is 1. The molecule has 0 saturated carbocycles. The Hall–Kier alpha value is -0.850. The van der Waals surface area contributed by atoms with E-state index in [1.165, 1.54) is 6.07 Å². The van der Waals surface area contributed by atoms with Crippen LogP contribution in [0.4, 0.5) is 13.2 Å². The first kappa shape index (κ1) is 12.2. The van der Waals surface area contributed by atoms with E-state index in [2.05, 4.69) is 5.43 Å². The van der Waals surface area contributed by atoms with Gasteiger partial charge in [-0.15, -0.1) is 0 Å². The molecule has 0 spiro atoms. The Labute approximate surface area is 94.2 Å². The van der Waals surface area contributed by atoms with Crippen molar-refractivity contribution in [2.24, 2.45) is 5.84 Å². The molecule has 0 radical (unpaired) electrons. The first-order chi connectivity index (χ1) is 6.86. The minimum Gasteiger partial charge on any atom is -0.314 e. The maximum atomic E-state index is 12.4. The lowest BCUT2D eigenvalue weighted by atomic mass is 10.1. The van der Waals surface area contributed by atoms with Crippen molar-refractivity contribution in [1.29, 1.82) is 0 Å². The molecule has 15 heavy (non-hydrogen) atoms. The van der Waals surface area contributed by atoms with Gasteiger partial charge in [-0.3, -0.25) is 0 Å². The third-order valence-electron chi connectivity index (χ3n) is 1.67. The van der Waals surface area contributed by atoms with Crippen molar-refractivity contribution >= 4 is 28.8 Å². The Bertz CT molecular complexity index is 392. The molecule has 7 heteroatoms. The van der Waals surface area contributed by atoms with Crippen molar-refractivity contribution in [2.45, 2.75) is 6.18 Å². The van der Waals surface area contributed by atoms with Gasteiger partial charge in [0.2, 0.25) is 0 Å². The maximum Gasteiger partial charge on any atom is 0.417 e. The molecule has 0 atom stereocenters. The highest BCUT2D eigenvalue weighted by molar-refractivity contribution is 7.80. The van der Waals surface area contributed by atoms with Crippen molar-refractivity contribution in [3.8, 4) is 0 Å². The Kier molecular flexibility index (Phi) is 3.54. The van der Waals surface area contributed by atoms with Crippen molar-refractivity contribution in [2.75, 3.05) is 0 Å². The summed E-state index contributed by atoms with van der Waals surface area (Å²) in [5, 5.41) is -0.369. The normalized spacial score (nSPS) is 11.3. The number of nitrogens with two attached hydrogens (primary N) is 1. The zero-order valence-electron chi connectivity index (χ0n) is 7.23. The molecule has 0 amide bonds. The van der Waals surface area contributed by atoms with Crippen molar-refractivity contribution in [3.05, 3.63) is 34.3 Å². The van der Waals surface area contributed by atoms with Gasteiger partial charge in [0.15, 0.2) is 0 Å². The van der Waals surface area contributed by atoms with Crippen LogP contribution in [0.15, 0.2) is 18.2 Å². The lowest BCUT2D eigenvalue weighted by Crippen LogP contribution is -2.29. The summed E-state index contributed by atoms with van der Waals surface area (Å²) in [6.45, 7) is 0. The lowest BCUT2D eigenvalue weighted by Gasteiger charge is -2.11. The molecular weight excluding hydrogens is 249 g/mol. The van der Waals surface area contributed by atoms with Crippen molar-refractivity contribution < 1.29 is 13.2 Å². The van der Waals surface area contributed by atoms with Crippen LogP contribution in [-0.4, -0.2) is 4.99 Å². The van der Waals surface area contributed by atoms with E-state index in [1.54, 1.807) is 0 Å². The van der Waals surface area contributed by atoms with E-state index >= 15 is 0 Å². The van der Waals surface area contributed by atoms with Crippen LogP contribution in [-0.2, 0) is 6.18 Å². The summed E-state index contributed by atoms with van der Waals surface area (Å²) in [5.41, 5.74) is 1.34. The maximum absolute atomic E-state index is 12.4. The monoisotopic (exact) mass is 254 g/mol. The average molecular weight is 255 g/mol. The summed E-state index contributed by atoms with van der Waals surface area (Å²) < 4.78 is 37.3. The van der Waals surface area contributed by atoms with Gasteiger partial charge >= 0.3 is 6.18 Å². The number of rotatable bonds is 1. The summed E-state index contributed by atoms with van der Waals surface area (Å²) in [5.74, 6) is 5.00. The number of thiocarbonyl (C=S) groups is 1. The lowest BCUT2D eigenvalue weighted by molar-refractivity contribution is -0.137. The predicted octanol–water partition coefficient (Wildman–Crippen LogP) is 2.50. The van der Waals surface area contributed by atoms with Crippen LogP contribution in [0, 0.1) is 0 Å². The van der Waals surface area contributed by atoms with E-state index in [9.17, 15) is 13.2 Å². The number of hydrazine groups is 1. The summed E-state index contributed by atoms with van der Waals surface area (Å²) in [7, 11) is 0. The molecule has 0 heterocycles. The van der Waals surface area contributed by atoms with Gasteiger partial charge in [0.25, 0.3) is 0 Å². The number of halogens is 4. The molecule has 0 fully saturated rings. The largest absolute Gasteiger partial charge is 0.417 e. The SMILES string of the molecule is NNC(=S)c1ccc(Cl)c(C(F)(F)F)c1. The van der Waals surface area contributed by atoms with Gasteiger partial charge < -0.3 is 5.43 Å². The van der Waals surface area contributed by atoms with Gasteiger partial charge in [-0.1, -0.05) is 29.9 Å². The number of benzene rings is 1. The highest BCUT2D eigenvalue weighted by atomic mass is 35.5. The highest BCUT2D eigenvalue weighted by Gasteiger charge is 2.33. The van der Waals surface area contributed by atoms with Gasteiger partial charge in [-0.2, -0.15) is 13.2 Å². The molecule has 82 valence electrons. The standard InChI is InChI=1S/C8H6ClF3N2S/c9-6-2-1-4(7(15)14-13)3-5(6)8(10,11)12/h1-3H,13H2,(H,14,15). The molecule has 2 nitrogen and oxygen atoms in total. The molecule has 1 rings (SSSR count). The zero-order chi connectivity index (χ0) is 11.6. The van der Waals surface area contributed by atoms with Crippen LogP contribution in [0.2, 0.25) is 5.02 Å². The molecule has 1 aromatic carbocycles. The van der Waals surface area contributed by atoms with E-state index in [4.69, 9.17) is 29.7 Å². The summed E-state index contributed by atoms with van der Waals surface area (Å²) in [4.78, 5) is 0.0252. The second kappa shape index (κ2) is 4.34. The minimum absolute atomic E-state index is 0.0252. The van der Waals surface area contributed by atoms with E-state index < -0.39 is 11.7 Å². The molecule has 0 aliphatic rings.